The summed E-state index contributed by atoms with van der Waals surface area (Å²) >= 11 is 0. The standard InChI is InChI=1S/C17H27NO/c1-5-6-13-19-14-16-9-7-15(8-10-16)11-12-18-17(2,3)4/h5-10,18H,11-14H2,1-4H3/b6-5+. The summed E-state index contributed by atoms with van der Waals surface area (Å²) < 4.78 is 5.53. The Kier molecular flexibility index (Phi) is 6.82. The Balaban J connectivity index is 2.31. The quantitative estimate of drug-likeness (QED) is 0.597. The van der Waals surface area contributed by atoms with Crippen LogP contribution in [0.2, 0.25) is 0 Å². The maximum atomic E-state index is 5.53. The third-order valence-corrected chi connectivity index (χ3v) is 2.81. The molecule has 0 fully saturated rings. The summed E-state index contributed by atoms with van der Waals surface area (Å²) in [7, 11) is 0. The van der Waals surface area contributed by atoms with Gasteiger partial charge < -0.3 is 10.1 Å². The van der Waals surface area contributed by atoms with Crippen LogP contribution in [0.15, 0.2) is 36.4 Å². The lowest BCUT2D eigenvalue weighted by atomic mass is 10.1. The third-order valence-electron chi connectivity index (χ3n) is 2.81. The third kappa shape index (κ3) is 7.81. The maximum absolute atomic E-state index is 5.53. The molecular formula is C17H27NO. The molecule has 0 heterocycles. The van der Waals surface area contributed by atoms with E-state index in [1.807, 2.05) is 19.1 Å². The number of rotatable bonds is 7. The Morgan fingerprint density at radius 3 is 2.32 bits per heavy atom. The van der Waals surface area contributed by atoms with E-state index in [2.05, 4.69) is 50.4 Å². The summed E-state index contributed by atoms with van der Waals surface area (Å²) in [6, 6.07) is 8.70. The van der Waals surface area contributed by atoms with Gasteiger partial charge in [-0.15, -0.1) is 0 Å². The van der Waals surface area contributed by atoms with Crippen molar-refractivity contribution in [2.45, 2.75) is 46.3 Å². The largest absolute Gasteiger partial charge is 0.373 e. The first kappa shape index (κ1) is 15.9. The molecule has 0 radical (unpaired) electrons. The molecule has 0 aliphatic carbocycles. The number of nitrogens with one attached hydrogen (secondary N) is 1. The van der Waals surface area contributed by atoms with Crippen LogP contribution in [0.1, 0.15) is 38.8 Å². The molecule has 0 unspecified atom stereocenters. The van der Waals surface area contributed by atoms with Crippen LogP contribution in [0.25, 0.3) is 0 Å². The highest BCUT2D eigenvalue weighted by Crippen LogP contribution is 2.07. The van der Waals surface area contributed by atoms with Gasteiger partial charge in [-0.25, -0.2) is 0 Å². The monoisotopic (exact) mass is 261 g/mol. The van der Waals surface area contributed by atoms with E-state index in [0.717, 1.165) is 13.0 Å². The number of ether oxygens (including phenoxy) is 1. The van der Waals surface area contributed by atoms with E-state index in [9.17, 15) is 0 Å². The Morgan fingerprint density at radius 2 is 1.74 bits per heavy atom. The van der Waals surface area contributed by atoms with E-state index >= 15 is 0 Å². The van der Waals surface area contributed by atoms with Crippen molar-refractivity contribution in [2.75, 3.05) is 13.2 Å². The minimum atomic E-state index is 0.195. The van der Waals surface area contributed by atoms with E-state index in [4.69, 9.17) is 4.74 Å². The predicted octanol–water partition coefficient (Wildman–Crippen LogP) is 3.71. The second kappa shape index (κ2) is 8.13. The van der Waals surface area contributed by atoms with Crippen molar-refractivity contribution in [1.29, 1.82) is 0 Å². The van der Waals surface area contributed by atoms with Crippen LogP contribution in [-0.2, 0) is 17.8 Å². The summed E-state index contributed by atoms with van der Waals surface area (Å²) in [5.74, 6) is 0. The number of hydrogen-bond donors (Lipinski definition) is 1. The molecule has 106 valence electrons. The fourth-order valence-electron chi connectivity index (χ4n) is 1.73. The summed E-state index contributed by atoms with van der Waals surface area (Å²) in [5.41, 5.74) is 2.80. The minimum Gasteiger partial charge on any atom is -0.373 e. The van der Waals surface area contributed by atoms with Gasteiger partial charge in [0.05, 0.1) is 13.2 Å². The molecule has 0 aromatic heterocycles. The van der Waals surface area contributed by atoms with E-state index < -0.39 is 0 Å². The molecule has 0 spiro atoms. The van der Waals surface area contributed by atoms with E-state index in [-0.39, 0.29) is 5.54 Å². The van der Waals surface area contributed by atoms with Crippen LogP contribution in [0.4, 0.5) is 0 Å². The van der Waals surface area contributed by atoms with Gasteiger partial charge >= 0.3 is 0 Å². The van der Waals surface area contributed by atoms with Crippen molar-refractivity contribution < 1.29 is 4.74 Å². The minimum absolute atomic E-state index is 0.195. The summed E-state index contributed by atoms with van der Waals surface area (Å²) in [5, 5.41) is 3.50. The van der Waals surface area contributed by atoms with Gasteiger partial charge in [0.15, 0.2) is 0 Å². The van der Waals surface area contributed by atoms with E-state index in [1.54, 1.807) is 0 Å². The molecule has 0 aliphatic rings. The number of allylic oxidation sites excluding steroid dienone is 1. The molecule has 0 saturated heterocycles. The molecule has 1 aromatic rings. The molecule has 0 saturated carbocycles. The SMILES string of the molecule is C/C=C/COCc1ccc(CCNC(C)(C)C)cc1. The molecule has 1 rings (SSSR count). The summed E-state index contributed by atoms with van der Waals surface area (Å²) in [6.45, 7) is 11.0. The molecule has 0 amide bonds. The van der Waals surface area contributed by atoms with Crippen molar-refractivity contribution in [1.82, 2.24) is 5.32 Å². The highest BCUT2D eigenvalue weighted by Gasteiger charge is 2.07. The second-order valence-corrected chi connectivity index (χ2v) is 5.83. The highest BCUT2D eigenvalue weighted by atomic mass is 16.5. The second-order valence-electron chi connectivity index (χ2n) is 5.83. The maximum Gasteiger partial charge on any atom is 0.0721 e. The van der Waals surface area contributed by atoms with Crippen LogP contribution in [0.3, 0.4) is 0 Å². The smallest absolute Gasteiger partial charge is 0.0721 e. The average Bonchev–Trinajstić information content (AvgIpc) is 2.35. The van der Waals surface area contributed by atoms with Gasteiger partial charge in [0.2, 0.25) is 0 Å². The van der Waals surface area contributed by atoms with Crippen molar-refractivity contribution in [3.63, 3.8) is 0 Å². The fourth-order valence-corrected chi connectivity index (χ4v) is 1.73. The Labute approximate surface area is 117 Å². The van der Waals surface area contributed by atoms with Gasteiger partial charge in [-0.3, -0.25) is 0 Å². The zero-order valence-corrected chi connectivity index (χ0v) is 12.7. The topological polar surface area (TPSA) is 21.3 Å². The Hall–Kier alpha value is -1.12. The molecular weight excluding hydrogens is 234 g/mol. The highest BCUT2D eigenvalue weighted by molar-refractivity contribution is 5.22. The van der Waals surface area contributed by atoms with E-state index in [0.29, 0.717) is 13.2 Å². The number of hydrogen-bond acceptors (Lipinski definition) is 2. The van der Waals surface area contributed by atoms with Gasteiger partial charge in [0, 0.05) is 5.54 Å². The first-order chi connectivity index (χ1) is 9.01. The van der Waals surface area contributed by atoms with Gasteiger partial charge in [-0.1, -0.05) is 36.4 Å². The predicted molar refractivity (Wildman–Crippen MR) is 82.4 cm³/mol. The zero-order valence-electron chi connectivity index (χ0n) is 12.7. The molecule has 0 bridgehead atoms. The Bertz CT molecular complexity index is 373. The van der Waals surface area contributed by atoms with Crippen molar-refractivity contribution in [3.05, 3.63) is 47.5 Å². The van der Waals surface area contributed by atoms with Crippen LogP contribution in [0, 0.1) is 0 Å². The lowest BCUT2D eigenvalue weighted by molar-refractivity contribution is 0.148. The van der Waals surface area contributed by atoms with Crippen molar-refractivity contribution >= 4 is 0 Å². The van der Waals surface area contributed by atoms with E-state index in [1.165, 1.54) is 11.1 Å². The molecule has 1 N–H and O–H groups in total. The first-order valence-corrected chi connectivity index (χ1v) is 7.03. The van der Waals surface area contributed by atoms with Crippen LogP contribution >= 0.6 is 0 Å². The molecule has 0 atom stereocenters. The lowest BCUT2D eigenvalue weighted by Crippen LogP contribution is -2.37. The van der Waals surface area contributed by atoms with Gasteiger partial charge in [-0.05, 0) is 51.8 Å². The van der Waals surface area contributed by atoms with Crippen molar-refractivity contribution in [2.24, 2.45) is 0 Å². The molecule has 19 heavy (non-hydrogen) atoms. The van der Waals surface area contributed by atoms with Gasteiger partial charge in [0.1, 0.15) is 0 Å². The normalized spacial score (nSPS) is 12.2. The van der Waals surface area contributed by atoms with Crippen LogP contribution in [0.5, 0.6) is 0 Å². The molecule has 2 heteroatoms. The van der Waals surface area contributed by atoms with Crippen molar-refractivity contribution in [3.8, 4) is 0 Å². The van der Waals surface area contributed by atoms with Gasteiger partial charge in [-0.2, -0.15) is 0 Å². The van der Waals surface area contributed by atoms with Crippen LogP contribution < -0.4 is 5.32 Å². The molecule has 1 aromatic carbocycles. The zero-order chi connectivity index (χ0) is 14.1. The Morgan fingerprint density at radius 1 is 1.11 bits per heavy atom. The van der Waals surface area contributed by atoms with Gasteiger partial charge in [0.25, 0.3) is 0 Å². The fraction of sp³-hybridized carbons (Fsp3) is 0.529. The average molecular weight is 261 g/mol. The molecule has 2 nitrogen and oxygen atoms in total. The van der Waals surface area contributed by atoms with Crippen LogP contribution in [-0.4, -0.2) is 18.7 Å². The summed E-state index contributed by atoms with van der Waals surface area (Å²) in [4.78, 5) is 0. The molecule has 0 aliphatic heterocycles. The first-order valence-electron chi connectivity index (χ1n) is 7.03. The lowest BCUT2D eigenvalue weighted by Gasteiger charge is -2.20. The number of benzene rings is 1. The summed E-state index contributed by atoms with van der Waals surface area (Å²) in [6.07, 6.45) is 5.09.